The predicted octanol–water partition coefficient (Wildman–Crippen LogP) is 3.81. The van der Waals surface area contributed by atoms with E-state index in [1.807, 2.05) is 51.1 Å². The molecule has 0 fully saturated rings. The van der Waals surface area contributed by atoms with Gasteiger partial charge in [0.15, 0.2) is 0 Å². The predicted molar refractivity (Wildman–Crippen MR) is 97.3 cm³/mol. The highest BCUT2D eigenvalue weighted by atomic mass is 16.3. The van der Waals surface area contributed by atoms with Crippen LogP contribution >= 0.6 is 0 Å². The minimum atomic E-state index is -0.242. The van der Waals surface area contributed by atoms with Gasteiger partial charge in [0.25, 0.3) is 0 Å². The summed E-state index contributed by atoms with van der Waals surface area (Å²) in [5, 5.41) is 8.52. The minimum absolute atomic E-state index is 0.0249. The molecular formula is C19H25N3O3. The molecule has 0 bridgehead atoms. The molecule has 0 aliphatic rings. The number of furan rings is 1. The summed E-state index contributed by atoms with van der Waals surface area (Å²) in [6.07, 6.45) is 0.440. The fourth-order valence-electron chi connectivity index (χ4n) is 2.47. The highest BCUT2D eigenvalue weighted by Crippen LogP contribution is 2.16. The average Bonchev–Trinajstić information content (AvgIpc) is 2.91. The lowest BCUT2D eigenvalue weighted by Crippen LogP contribution is -2.36. The van der Waals surface area contributed by atoms with E-state index in [1.165, 1.54) is 0 Å². The molecule has 1 aromatic carbocycles. The van der Waals surface area contributed by atoms with Crippen molar-refractivity contribution >= 4 is 17.6 Å². The number of carbonyl (C=O) groups excluding carboxylic acids is 2. The number of nitrogens with one attached hydrogen (secondary N) is 3. The topological polar surface area (TPSA) is 83.4 Å². The van der Waals surface area contributed by atoms with Gasteiger partial charge >= 0.3 is 6.03 Å². The van der Waals surface area contributed by atoms with E-state index in [1.54, 1.807) is 6.92 Å². The molecule has 1 unspecified atom stereocenters. The van der Waals surface area contributed by atoms with Gasteiger partial charge in [-0.15, -0.1) is 0 Å². The van der Waals surface area contributed by atoms with Crippen LogP contribution in [0.25, 0.3) is 0 Å². The molecule has 6 nitrogen and oxygen atoms in total. The van der Waals surface area contributed by atoms with E-state index < -0.39 is 0 Å². The number of rotatable bonds is 6. The van der Waals surface area contributed by atoms with Crippen LogP contribution in [0, 0.1) is 13.8 Å². The maximum atomic E-state index is 12.1. The Balaban J connectivity index is 1.86. The Morgan fingerprint density at radius 3 is 2.40 bits per heavy atom. The smallest absolute Gasteiger partial charge is 0.315 e. The van der Waals surface area contributed by atoms with E-state index in [0.717, 1.165) is 28.3 Å². The number of amides is 3. The fraction of sp³-hybridized carbons (Fsp3) is 0.368. The Morgan fingerprint density at radius 2 is 1.84 bits per heavy atom. The molecule has 6 heteroatoms. The number of hydrogen-bond donors (Lipinski definition) is 3. The van der Waals surface area contributed by atoms with Crippen molar-refractivity contribution in [1.82, 2.24) is 10.6 Å². The molecular weight excluding hydrogens is 318 g/mol. The van der Waals surface area contributed by atoms with Crippen molar-refractivity contribution in [3.05, 3.63) is 53.0 Å². The third kappa shape index (κ3) is 5.38. The molecule has 2 rings (SSSR count). The first-order chi connectivity index (χ1) is 11.9. The molecule has 0 saturated heterocycles. The van der Waals surface area contributed by atoms with Crippen molar-refractivity contribution in [2.45, 2.75) is 46.7 Å². The lowest BCUT2D eigenvalue weighted by Gasteiger charge is -2.15. The van der Waals surface area contributed by atoms with Gasteiger partial charge in [-0.05, 0) is 44.5 Å². The van der Waals surface area contributed by atoms with E-state index in [-0.39, 0.29) is 18.0 Å². The average molecular weight is 343 g/mol. The monoisotopic (exact) mass is 343 g/mol. The Bertz CT molecular complexity index is 735. The van der Waals surface area contributed by atoms with Crippen molar-refractivity contribution in [1.29, 1.82) is 0 Å². The summed E-state index contributed by atoms with van der Waals surface area (Å²) in [5.41, 5.74) is 2.68. The zero-order valence-corrected chi connectivity index (χ0v) is 15.1. The van der Waals surface area contributed by atoms with Crippen LogP contribution in [0.15, 0.2) is 34.7 Å². The molecule has 3 amide bonds. The van der Waals surface area contributed by atoms with Crippen molar-refractivity contribution in [3.8, 4) is 0 Å². The summed E-state index contributed by atoms with van der Waals surface area (Å²) in [5.74, 6) is 1.62. The van der Waals surface area contributed by atoms with Crippen LogP contribution in [-0.4, -0.2) is 11.9 Å². The molecule has 1 atom stereocenters. The van der Waals surface area contributed by atoms with Crippen molar-refractivity contribution in [2.24, 2.45) is 0 Å². The van der Waals surface area contributed by atoms with Crippen LogP contribution in [0.3, 0.4) is 0 Å². The molecule has 25 heavy (non-hydrogen) atoms. The van der Waals surface area contributed by atoms with Crippen LogP contribution in [0.1, 0.15) is 49.0 Å². The summed E-state index contributed by atoms with van der Waals surface area (Å²) in [6, 6.07) is 8.96. The maximum Gasteiger partial charge on any atom is 0.315 e. The Morgan fingerprint density at radius 1 is 1.16 bits per heavy atom. The standard InChI is InChI=1S/C19H25N3O3/c1-5-18(23)22-17-8-6-15(7-9-17)13(3)21-19(24)20-11-16-10-12(2)25-14(16)4/h6-10,13H,5,11H2,1-4H3,(H,22,23)(H2,20,21,24). The molecule has 0 saturated carbocycles. The van der Waals surface area contributed by atoms with Crippen molar-refractivity contribution < 1.29 is 14.0 Å². The first-order valence-corrected chi connectivity index (χ1v) is 8.39. The number of carbonyl (C=O) groups is 2. The first kappa shape index (κ1) is 18.6. The number of urea groups is 1. The summed E-state index contributed by atoms with van der Waals surface area (Å²) in [7, 11) is 0. The van der Waals surface area contributed by atoms with Gasteiger partial charge < -0.3 is 20.4 Å². The second-order valence-corrected chi connectivity index (χ2v) is 6.01. The zero-order chi connectivity index (χ0) is 18.4. The molecule has 1 aromatic heterocycles. The fourth-order valence-corrected chi connectivity index (χ4v) is 2.47. The molecule has 3 N–H and O–H groups in total. The first-order valence-electron chi connectivity index (χ1n) is 8.39. The second-order valence-electron chi connectivity index (χ2n) is 6.01. The van der Waals surface area contributed by atoms with E-state index >= 15 is 0 Å². The number of aryl methyl sites for hydroxylation is 2. The van der Waals surface area contributed by atoms with E-state index in [4.69, 9.17) is 4.42 Å². The van der Waals surface area contributed by atoms with Gasteiger partial charge in [0, 0.05) is 24.2 Å². The molecule has 0 spiro atoms. The van der Waals surface area contributed by atoms with Crippen LogP contribution in [0.2, 0.25) is 0 Å². The minimum Gasteiger partial charge on any atom is -0.466 e. The highest BCUT2D eigenvalue weighted by molar-refractivity contribution is 5.90. The summed E-state index contributed by atoms with van der Waals surface area (Å²) >= 11 is 0. The quantitative estimate of drug-likeness (QED) is 0.746. The Labute approximate surface area is 148 Å². The summed E-state index contributed by atoms with van der Waals surface area (Å²) in [4.78, 5) is 23.4. The van der Waals surface area contributed by atoms with Gasteiger partial charge in [0.2, 0.25) is 5.91 Å². The number of hydrogen-bond acceptors (Lipinski definition) is 3. The van der Waals surface area contributed by atoms with Crippen molar-refractivity contribution in [3.63, 3.8) is 0 Å². The van der Waals surface area contributed by atoms with Gasteiger partial charge in [-0.2, -0.15) is 0 Å². The number of benzene rings is 1. The van der Waals surface area contributed by atoms with E-state index in [0.29, 0.717) is 13.0 Å². The molecule has 1 heterocycles. The highest BCUT2D eigenvalue weighted by Gasteiger charge is 2.11. The normalized spacial score (nSPS) is 11.7. The SMILES string of the molecule is CCC(=O)Nc1ccc(C(C)NC(=O)NCc2cc(C)oc2C)cc1. The Kier molecular flexibility index (Phi) is 6.22. The molecule has 2 aromatic rings. The third-order valence-corrected chi connectivity index (χ3v) is 3.95. The van der Waals surface area contributed by atoms with Gasteiger partial charge in [-0.1, -0.05) is 19.1 Å². The maximum absolute atomic E-state index is 12.1. The molecule has 134 valence electrons. The van der Waals surface area contributed by atoms with Crippen LogP contribution in [-0.2, 0) is 11.3 Å². The molecule has 0 aliphatic heterocycles. The van der Waals surface area contributed by atoms with E-state index in [2.05, 4.69) is 16.0 Å². The van der Waals surface area contributed by atoms with Gasteiger partial charge in [0.05, 0.1) is 6.04 Å². The summed E-state index contributed by atoms with van der Waals surface area (Å²) < 4.78 is 5.44. The largest absolute Gasteiger partial charge is 0.466 e. The van der Waals surface area contributed by atoms with Crippen molar-refractivity contribution in [2.75, 3.05) is 5.32 Å². The molecule has 0 radical (unpaired) electrons. The zero-order valence-electron chi connectivity index (χ0n) is 15.1. The Hall–Kier alpha value is -2.76. The van der Waals surface area contributed by atoms with Crippen LogP contribution in [0.4, 0.5) is 10.5 Å². The lowest BCUT2D eigenvalue weighted by molar-refractivity contribution is -0.115. The van der Waals surface area contributed by atoms with Crippen LogP contribution in [0.5, 0.6) is 0 Å². The number of anilines is 1. The third-order valence-electron chi connectivity index (χ3n) is 3.95. The van der Waals surface area contributed by atoms with Gasteiger partial charge in [0.1, 0.15) is 11.5 Å². The lowest BCUT2D eigenvalue weighted by atomic mass is 10.1. The molecule has 0 aliphatic carbocycles. The summed E-state index contributed by atoms with van der Waals surface area (Å²) in [6.45, 7) is 7.89. The second kappa shape index (κ2) is 8.37. The van der Waals surface area contributed by atoms with Gasteiger partial charge in [-0.25, -0.2) is 4.79 Å². The van der Waals surface area contributed by atoms with E-state index in [9.17, 15) is 9.59 Å². The van der Waals surface area contributed by atoms with Gasteiger partial charge in [-0.3, -0.25) is 4.79 Å². The van der Waals surface area contributed by atoms with Crippen LogP contribution < -0.4 is 16.0 Å².